The Labute approximate surface area is 169 Å². The van der Waals surface area contributed by atoms with Crippen molar-refractivity contribution in [2.75, 3.05) is 0 Å². The van der Waals surface area contributed by atoms with E-state index in [9.17, 15) is 9.59 Å². The van der Waals surface area contributed by atoms with Crippen LogP contribution in [0.25, 0.3) is 0 Å². The van der Waals surface area contributed by atoms with Crippen LogP contribution >= 0.6 is 0 Å². The number of nitrogens with zero attached hydrogens (tertiary/aromatic N) is 1. The molecule has 2 aromatic rings. The van der Waals surface area contributed by atoms with E-state index in [1.807, 2.05) is 89.2 Å². The Balaban J connectivity index is 2.30. The van der Waals surface area contributed by atoms with Crippen LogP contribution in [0.4, 0.5) is 0 Å². The summed E-state index contributed by atoms with van der Waals surface area (Å²) in [5.74, 6) is -0.141. The van der Waals surface area contributed by atoms with Gasteiger partial charge in [-0.1, -0.05) is 61.5 Å². The van der Waals surface area contributed by atoms with Crippen LogP contribution in [-0.2, 0) is 22.6 Å². The van der Waals surface area contributed by atoms with Crippen LogP contribution in [-0.4, -0.2) is 28.3 Å². The molecule has 2 amide bonds. The van der Waals surface area contributed by atoms with E-state index < -0.39 is 6.04 Å². The van der Waals surface area contributed by atoms with Crippen molar-refractivity contribution in [1.29, 1.82) is 0 Å². The van der Waals surface area contributed by atoms with E-state index in [2.05, 4.69) is 5.32 Å². The third-order valence-electron chi connectivity index (χ3n) is 4.68. The standard InChI is InChI=1S/C24H32N2O2/c1-6-21(23(28)25-24(3,4)5)26(17-19-13-8-7-9-14-19)22(27)16-20-15-11-10-12-18(20)2/h7-15,21H,6,16-17H2,1-5H3,(H,25,28). The van der Waals surface area contributed by atoms with E-state index in [4.69, 9.17) is 0 Å². The highest BCUT2D eigenvalue weighted by Crippen LogP contribution is 2.17. The molecule has 4 nitrogen and oxygen atoms in total. The molecule has 0 saturated carbocycles. The van der Waals surface area contributed by atoms with Crippen LogP contribution < -0.4 is 5.32 Å². The molecule has 0 aliphatic rings. The Hall–Kier alpha value is -2.62. The molecule has 4 heteroatoms. The van der Waals surface area contributed by atoms with E-state index in [1.54, 1.807) is 4.90 Å². The van der Waals surface area contributed by atoms with Crippen molar-refractivity contribution >= 4 is 11.8 Å². The third-order valence-corrected chi connectivity index (χ3v) is 4.68. The fraction of sp³-hybridized carbons (Fsp3) is 0.417. The highest BCUT2D eigenvalue weighted by Gasteiger charge is 2.30. The molecule has 0 radical (unpaired) electrons. The molecule has 0 aliphatic heterocycles. The van der Waals surface area contributed by atoms with Gasteiger partial charge < -0.3 is 10.2 Å². The number of carbonyl (C=O) groups excluding carboxylic acids is 2. The molecule has 0 aliphatic carbocycles. The smallest absolute Gasteiger partial charge is 0.243 e. The lowest BCUT2D eigenvalue weighted by Crippen LogP contribution is -2.53. The maximum atomic E-state index is 13.3. The van der Waals surface area contributed by atoms with E-state index in [0.717, 1.165) is 16.7 Å². The molecule has 2 rings (SSSR count). The number of benzene rings is 2. The lowest BCUT2D eigenvalue weighted by Gasteiger charge is -2.33. The molecular weight excluding hydrogens is 348 g/mol. The first-order valence-electron chi connectivity index (χ1n) is 9.91. The third kappa shape index (κ3) is 6.22. The van der Waals surface area contributed by atoms with Crippen LogP contribution in [0.3, 0.4) is 0 Å². The van der Waals surface area contributed by atoms with Crippen molar-refractivity contribution in [3.63, 3.8) is 0 Å². The van der Waals surface area contributed by atoms with Gasteiger partial charge in [-0.2, -0.15) is 0 Å². The predicted molar refractivity (Wildman–Crippen MR) is 114 cm³/mol. The Morgan fingerprint density at radius 3 is 2.18 bits per heavy atom. The highest BCUT2D eigenvalue weighted by atomic mass is 16.2. The fourth-order valence-corrected chi connectivity index (χ4v) is 3.23. The van der Waals surface area contributed by atoms with Crippen LogP contribution in [0, 0.1) is 6.92 Å². The van der Waals surface area contributed by atoms with Crippen LogP contribution in [0.2, 0.25) is 0 Å². The van der Waals surface area contributed by atoms with Crippen molar-refractivity contribution in [2.45, 2.75) is 65.6 Å². The predicted octanol–water partition coefficient (Wildman–Crippen LogP) is 4.26. The average Bonchev–Trinajstić information content (AvgIpc) is 2.62. The molecule has 28 heavy (non-hydrogen) atoms. The second-order valence-corrected chi connectivity index (χ2v) is 8.27. The topological polar surface area (TPSA) is 49.4 Å². The molecule has 0 bridgehead atoms. The summed E-state index contributed by atoms with van der Waals surface area (Å²) in [6.07, 6.45) is 0.854. The molecule has 150 valence electrons. The number of carbonyl (C=O) groups is 2. The largest absolute Gasteiger partial charge is 0.350 e. The van der Waals surface area contributed by atoms with Crippen LogP contribution in [0.5, 0.6) is 0 Å². The Morgan fingerprint density at radius 1 is 1.00 bits per heavy atom. The number of nitrogens with one attached hydrogen (secondary N) is 1. The SMILES string of the molecule is CCC(C(=O)NC(C)(C)C)N(Cc1ccccc1)C(=O)Cc1ccccc1C. The first-order chi connectivity index (χ1) is 13.2. The van der Waals surface area contributed by atoms with E-state index in [1.165, 1.54) is 0 Å². The minimum absolute atomic E-state index is 0.0333. The Morgan fingerprint density at radius 2 is 1.61 bits per heavy atom. The zero-order chi connectivity index (χ0) is 20.7. The van der Waals surface area contributed by atoms with Gasteiger partial charge in [-0.15, -0.1) is 0 Å². The minimum atomic E-state index is -0.504. The molecule has 0 aromatic heterocycles. The summed E-state index contributed by atoms with van der Waals surface area (Å²) < 4.78 is 0. The molecule has 1 atom stereocenters. The van der Waals surface area contributed by atoms with Crippen LogP contribution in [0.1, 0.15) is 50.8 Å². The van der Waals surface area contributed by atoms with Crippen molar-refractivity contribution in [2.24, 2.45) is 0 Å². The zero-order valence-corrected chi connectivity index (χ0v) is 17.7. The number of hydrogen-bond acceptors (Lipinski definition) is 2. The average molecular weight is 381 g/mol. The van der Waals surface area contributed by atoms with Gasteiger partial charge >= 0.3 is 0 Å². The summed E-state index contributed by atoms with van der Waals surface area (Å²) in [5, 5.41) is 3.03. The summed E-state index contributed by atoms with van der Waals surface area (Å²) in [5.41, 5.74) is 2.75. The van der Waals surface area contributed by atoms with Crippen molar-refractivity contribution in [1.82, 2.24) is 10.2 Å². The van der Waals surface area contributed by atoms with Gasteiger partial charge in [0.25, 0.3) is 0 Å². The second-order valence-electron chi connectivity index (χ2n) is 8.27. The van der Waals surface area contributed by atoms with Crippen molar-refractivity contribution < 1.29 is 9.59 Å². The molecule has 1 unspecified atom stereocenters. The van der Waals surface area contributed by atoms with Gasteiger partial charge in [-0.25, -0.2) is 0 Å². The lowest BCUT2D eigenvalue weighted by atomic mass is 10.0. The summed E-state index contributed by atoms with van der Waals surface area (Å²) >= 11 is 0. The zero-order valence-electron chi connectivity index (χ0n) is 17.7. The van der Waals surface area contributed by atoms with Gasteiger partial charge in [-0.05, 0) is 50.8 Å². The maximum absolute atomic E-state index is 13.3. The highest BCUT2D eigenvalue weighted by molar-refractivity contribution is 5.89. The van der Waals surface area contributed by atoms with Crippen LogP contribution in [0.15, 0.2) is 54.6 Å². The molecular formula is C24H32N2O2. The first kappa shape index (κ1) is 21.7. The van der Waals surface area contributed by atoms with Gasteiger partial charge in [0.15, 0.2) is 0 Å². The molecule has 1 N–H and O–H groups in total. The Kier molecular flexibility index (Phi) is 7.38. The van der Waals surface area contributed by atoms with Gasteiger partial charge in [-0.3, -0.25) is 9.59 Å². The van der Waals surface area contributed by atoms with E-state index >= 15 is 0 Å². The van der Waals surface area contributed by atoms with Gasteiger partial charge in [0.05, 0.1) is 6.42 Å². The number of hydrogen-bond donors (Lipinski definition) is 1. The first-order valence-corrected chi connectivity index (χ1v) is 9.91. The summed E-state index contributed by atoms with van der Waals surface area (Å²) in [6.45, 7) is 10.2. The quantitative estimate of drug-likeness (QED) is 0.780. The van der Waals surface area contributed by atoms with Gasteiger partial charge in [0, 0.05) is 12.1 Å². The summed E-state index contributed by atoms with van der Waals surface area (Å²) in [7, 11) is 0. The summed E-state index contributed by atoms with van der Waals surface area (Å²) in [4.78, 5) is 28.0. The van der Waals surface area contributed by atoms with E-state index in [0.29, 0.717) is 19.4 Å². The number of rotatable bonds is 7. The minimum Gasteiger partial charge on any atom is -0.350 e. The molecule has 2 aromatic carbocycles. The molecule has 0 fully saturated rings. The van der Waals surface area contributed by atoms with Gasteiger partial charge in [0.1, 0.15) is 6.04 Å². The lowest BCUT2D eigenvalue weighted by molar-refractivity contribution is -0.141. The fourth-order valence-electron chi connectivity index (χ4n) is 3.23. The monoisotopic (exact) mass is 380 g/mol. The molecule has 0 saturated heterocycles. The van der Waals surface area contributed by atoms with Gasteiger partial charge in [0.2, 0.25) is 11.8 Å². The Bertz CT molecular complexity index is 794. The second kappa shape index (κ2) is 9.54. The number of amides is 2. The normalized spacial score (nSPS) is 12.3. The molecule has 0 spiro atoms. The number of aryl methyl sites for hydroxylation is 1. The molecule has 0 heterocycles. The summed E-state index contributed by atoms with van der Waals surface area (Å²) in [6, 6.07) is 17.2. The van der Waals surface area contributed by atoms with Crippen molar-refractivity contribution in [3.05, 3.63) is 71.3 Å². The maximum Gasteiger partial charge on any atom is 0.243 e. The van der Waals surface area contributed by atoms with E-state index in [-0.39, 0.29) is 17.4 Å². The van der Waals surface area contributed by atoms with Crippen molar-refractivity contribution in [3.8, 4) is 0 Å².